The van der Waals surface area contributed by atoms with E-state index in [1.165, 1.54) is 6.07 Å². The molecule has 0 bridgehead atoms. The summed E-state index contributed by atoms with van der Waals surface area (Å²) in [5.41, 5.74) is 2.26. The monoisotopic (exact) mass is 611 g/mol. The van der Waals surface area contributed by atoms with Gasteiger partial charge in [-0.2, -0.15) is 23.3 Å². The molecule has 44 heavy (non-hydrogen) atoms. The van der Waals surface area contributed by atoms with E-state index < -0.39 is 30.3 Å². The lowest BCUT2D eigenvalue weighted by molar-refractivity contribution is -0.142. The zero-order chi connectivity index (χ0) is 31.0. The van der Waals surface area contributed by atoms with Gasteiger partial charge in [0.15, 0.2) is 11.6 Å². The lowest BCUT2D eigenvalue weighted by Gasteiger charge is -2.27. The van der Waals surface area contributed by atoms with Crippen LogP contribution >= 0.6 is 0 Å². The Morgan fingerprint density at radius 3 is 2.18 bits per heavy atom. The van der Waals surface area contributed by atoms with Gasteiger partial charge in [0.25, 0.3) is 6.01 Å². The molecule has 1 fully saturated rings. The van der Waals surface area contributed by atoms with Crippen LogP contribution in [0.2, 0.25) is 0 Å². The number of imidazole rings is 1. The SMILES string of the molecule is O=C(O)CC1CCC(Oc2nc3c(F)c(-c4ccc(-c5ccc(-c6ncn(CC(F)(F)F)n6)cc5)cc4)c(F)cc3[nH]2)CC1. The van der Waals surface area contributed by atoms with Gasteiger partial charge in [0.1, 0.15) is 30.3 Å². The lowest BCUT2D eigenvalue weighted by atomic mass is 9.85. The molecule has 1 aliphatic carbocycles. The molecule has 1 saturated carbocycles. The van der Waals surface area contributed by atoms with E-state index in [0.29, 0.717) is 36.8 Å². The minimum atomic E-state index is -4.40. The van der Waals surface area contributed by atoms with Crippen LogP contribution in [0.5, 0.6) is 6.01 Å². The molecule has 0 radical (unpaired) electrons. The van der Waals surface area contributed by atoms with Gasteiger partial charge in [-0.25, -0.2) is 18.4 Å². The Morgan fingerprint density at radius 2 is 1.57 bits per heavy atom. The van der Waals surface area contributed by atoms with Crippen LogP contribution in [0.1, 0.15) is 32.1 Å². The highest BCUT2D eigenvalue weighted by molar-refractivity contribution is 5.84. The topological polar surface area (TPSA) is 106 Å². The Kier molecular flexibility index (Phi) is 7.78. The second kappa shape index (κ2) is 11.7. The molecule has 0 atom stereocenters. The van der Waals surface area contributed by atoms with E-state index in [4.69, 9.17) is 9.84 Å². The molecule has 0 aliphatic heterocycles. The quantitative estimate of drug-likeness (QED) is 0.177. The number of carboxylic acids is 1. The van der Waals surface area contributed by atoms with Gasteiger partial charge in [0.05, 0.1) is 11.1 Å². The predicted octanol–water partition coefficient (Wildman–Crippen LogP) is 7.41. The van der Waals surface area contributed by atoms with E-state index in [1.807, 2.05) is 0 Å². The molecule has 228 valence electrons. The van der Waals surface area contributed by atoms with Crippen LogP contribution in [0.3, 0.4) is 0 Å². The Bertz CT molecular complexity index is 1790. The molecule has 3 aromatic carbocycles. The smallest absolute Gasteiger partial charge is 0.408 e. The van der Waals surface area contributed by atoms with Crippen LogP contribution < -0.4 is 4.74 Å². The number of hydrogen-bond donors (Lipinski definition) is 2. The van der Waals surface area contributed by atoms with Crippen LogP contribution in [0.4, 0.5) is 22.0 Å². The summed E-state index contributed by atoms with van der Waals surface area (Å²) >= 11 is 0. The van der Waals surface area contributed by atoms with E-state index in [0.717, 1.165) is 22.1 Å². The third-order valence-corrected chi connectivity index (χ3v) is 7.71. The van der Waals surface area contributed by atoms with E-state index in [1.54, 1.807) is 48.5 Å². The number of halogens is 5. The van der Waals surface area contributed by atoms with Gasteiger partial charge in [0, 0.05) is 18.1 Å². The van der Waals surface area contributed by atoms with E-state index in [9.17, 15) is 18.0 Å². The molecule has 0 unspecified atom stereocenters. The number of carboxylic acid groups (broad SMARTS) is 1. The Morgan fingerprint density at radius 1 is 0.955 bits per heavy atom. The average molecular weight is 612 g/mol. The number of aliphatic carboxylic acids is 1. The number of aromatic amines is 1. The predicted molar refractivity (Wildman–Crippen MR) is 151 cm³/mol. The number of nitrogens with one attached hydrogen (secondary N) is 1. The summed E-state index contributed by atoms with van der Waals surface area (Å²) in [5.74, 6) is -2.16. The van der Waals surface area contributed by atoms with Crippen molar-refractivity contribution in [2.45, 2.75) is 50.9 Å². The lowest BCUT2D eigenvalue weighted by Crippen LogP contribution is -2.25. The molecule has 6 rings (SSSR count). The van der Waals surface area contributed by atoms with Crippen LogP contribution in [0.25, 0.3) is 44.7 Å². The highest BCUT2D eigenvalue weighted by atomic mass is 19.4. The number of carbonyl (C=O) groups is 1. The summed E-state index contributed by atoms with van der Waals surface area (Å²) in [6, 6.07) is 14.7. The molecule has 1 aliphatic rings. The number of hydrogen-bond acceptors (Lipinski definition) is 5. The van der Waals surface area contributed by atoms with Crippen LogP contribution in [0, 0.1) is 17.6 Å². The standard InChI is InChI=1S/C31H26F5N5O3/c32-23-14-24-28(39-30(38-24)44-22-11-1-17(2-12-22)13-25(42)43)27(33)26(23)20-7-3-18(4-8-20)19-5-9-21(10-6-19)29-37-16-41(40-29)15-31(34,35)36/h3-10,14,16-17,22H,1-2,11-13,15H2,(H,38,39)(H,42,43). The summed E-state index contributed by atoms with van der Waals surface area (Å²) in [6.07, 6.45) is -0.738. The number of fused-ring (bicyclic) bond motifs is 1. The first kappa shape index (κ1) is 29.3. The first-order valence-electron chi connectivity index (χ1n) is 14.0. The molecule has 13 heteroatoms. The minimum absolute atomic E-state index is 0.0538. The molecular weight excluding hydrogens is 585 g/mol. The molecular formula is C31H26F5N5O3. The van der Waals surface area contributed by atoms with Crippen LogP contribution in [0.15, 0.2) is 60.9 Å². The molecule has 0 spiro atoms. The Balaban J connectivity index is 1.16. The first-order chi connectivity index (χ1) is 21.0. The summed E-state index contributed by atoms with van der Waals surface area (Å²) < 4.78 is 75.2. The van der Waals surface area contributed by atoms with Crippen molar-refractivity contribution in [3.63, 3.8) is 0 Å². The number of ether oxygens (including phenoxy) is 1. The Labute approximate surface area is 247 Å². The molecule has 0 saturated heterocycles. The summed E-state index contributed by atoms with van der Waals surface area (Å²) in [6.45, 7) is -1.23. The average Bonchev–Trinajstić information content (AvgIpc) is 3.60. The number of nitrogens with zero attached hydrogens (tertiary/aromatic N) is 4. The maximum atomic E-state index is 15.6. The largest absolute Gasteiger partial charge is 0.481 e. The van der Waals surface area contributed by atoms with Gasteiger partial charge in [-0.1, -0.05) is 48.5 Å². The van der Waals surface area contributed by atoms with Crippen molar-refractivity contribution in [2.24, 2.45) is 5.92 Å². The third-order valence-electron chi connectivity index (χ3n) is 7.71. The molecule has 0 amide bonds. The molecule has 2 N–H and O–H groups in total. The third kappa shape index (κ3) is 6.41. The van der Waals surface area contributed by atoms with Gasteiger partial charge in [-0.3, -0.25) is 4.79 Å². The number of H-pyrrole nitrogens is 1. The van der Waals surface area contributed by atoms with Gasteiger partial charge in [0.2, 0.25) is 0 Å². The van der Waals surface area contributed by atoms with Crippen molar-refractivity contribution in [1.29, 1.82) is 0 Å². The minimum Gasteiger partial charge on any atom is -0.481 e. The van der Waals surface area contributed by atoms with E-state index >= 15 is 8.78 Å². The maximum absolute atomic E-state index is 15.6. The molecule has 2 aromatic heterocycles. The normalized spacial score (nSPS) is 17.2. The maximum Gasteiger partial charge on any atom is 0.408 e. The summed E-state index contributed by atoms with van der Waals surface area (Å²) in [7, 11) is 0. The van der Waals surface area contributed by atoms with Gasteiger partial charge in [-0.05, 0) is 48.3 Å². The van der Waals surface area contributed by atoms with Gasteiger partial charge < -0.3 is 14.8 Å². The van der Waals surface area contributed by atoms with Gasteiger partial charge >= 0.3 is 12.1 Å². The van der Waals surface area contributed by atoms with Crippen molar-refractivity contribution < 1.29 is 36.6 Å². The number of aromatic nitrogens is 5. The van der Waals surface area contributed by atoms with Crippen molar-refractivity contribution >= 4 is 17.0 Å². The highest BCUT2D eigenvalue weighted by Crippen LogP contribution is 2.35. The number of alkyl halides is 3. The number of rotatable bonds is 8. The molecule has 8 nitrogen and oxygen atoms in total. The summed E-state index contributed by atoms with van der Waals surface area (Å²) in [4.78, 5) is 22.0. The number of benzene rings is 3. The molecule has 2 heterocycles. The van der Waals surface area contributed by atoms with E-state index in [-0.39, 0.29) is 46.9 Å². The zero-order valence-electron chi connectivity index (χ0n) is 23.1. The molecule has 5 aromatic rings. The summed E-state index contributed by atoms with van der Waals surface area (Å²) in [5, 5.41) is 12.9. The fourth-order valence-corrected chi connectivity index (χ4v) is 5.56. The Hall–Kier alpha value is -4.81. The second-order valence-corrected chi connectivity index (χ2v) is 10.9. The van der Waals surface area contributed by atoms with E-state index in [2.05, 4.69) is 20.1 Å². The van der Waals surface area contributed by atoms with Crippen LogP contribution in [-0.2, 0) is 11.3 Å². The van der Waals surface area contributed by atoms with Crippen molar-refractivity contribution in [1.82, 2.24) is 24.7 Å². The fraction of sp³-hybridized carbons (Fsp3) is 0.290. The van der Waals surface area contributed by atoms with Crippen LogP contribution in [-0.4, -0.2) is 48.1 Å². The second-order valence-electron chi connectivity index (χ2n) is 10.9. The van der Waals surface area contributed by atoms with Crippen molar-refractivity contribution in [3.05, 3.63) is 72.6 Å². The van der Waals surface area contributed by atoms with Crippen molar-refractivity contribution in [3.8, 4) is 39.7 Å². The van der Waals surface area contributed by atoms with Gasteiger partial charge in [-0.15, -0.1) is 0 Å². The zero-order valence-corrected chi connectivity index (χ0v) is 23.1. The highest BCUT2D eigenvalue weighted by Gasteiger charge is 2.29. The fourth-order valence-electron chi connectivity index (χ4n) is 5.56. The van der Waals surface area contributed by atoms with Crippen molar-refractivity contribution in [2.75, 3.05) is 0 Å². The first-order valence-corrected chi connectivity index (χ1v) is 14.0.